The van der Waals surface area contributed by atoms with Gasteiger partial charge < -0.3 is 10.2 Å². The van der Waals surface area contributed by atoms with Crippen LogP contribution in [0.4, 0.5) is 0 Å². The fourth-order valence-electron chi connectivity index (χ4n) is 2.05. The Morgan fingerprint density at radius 3 is 2.68 bits per heavy atom. The second kappa shape index (κ2) is 7.42. The summed E-state index contributed by atoms with van der Waals surface area (Å²) in [5.74, 6) is -0.498. The van der Waals surface area contributed by atoms with E-state index in [4.69, 9.17) is 11.6 Å². The number of rotatable bonds is 5. The van der Waals surface area contributed by atoms with Gasteiger partial charge in [0.1, 0.15) is 6.04 Å². The Kier molecular flexibility index (Phi) is 5.57. The Labute approximate surface area is 138 Å². The number of carbonyl (C=O) groups excluding carboxylic acids is 2. The molecule has 0 radical (unpaired) electrons. The van der Waals surface area contributed by atoms with Crippen molar-refractivity contribution in [3.8, 4) is 0 Å². The zero-order valence-electron chi connectivity index (χ0n) is 12.4. The van der Waals surface area contributed by atoms with Crippen LogP contribution >= 0.6 is 22.9 Å². The molecule has 1 aromatic carbocycles. The summed E-state index contributed by atoms with van der Waals surface area (Å²) in [5.41, 5.74) is 1.44. The fourth-order valence-corrected chi connectivity index (χ4v) is 2.93. The third-order valence-corrected chi connectivity index (χ3v) is 4.27. The molecule has 0 saturated carbocycles. The van der Waals surface area contributed by atoms with Gasteiger partial charge in [-0.3, -0.25) is 9.59 Å². The number of benzene rings is 1. The average molecular weight is 337 g/mol. The van der Waals surface area contributed by atoms with Crippen LogP contribution in [0.3, 0.4) is 0 Å². The van der Waals surface area contributed by atoms with E-state index in [1.54, 1.807) is 54.5 Å². The van der Waals surface area contributed by atoms with Crippen LogP contribution in [0.25, 0.3) is 0 Å². The highest BCUT2D eigenvalue weighted by molar-refractivity contribution is 7.07. The van der Waals surface area contributed by atoms with E-state index in [1.165, 1.54) is 0 Å². The maximum absolute atomic E-state index is 12.3. The molecule has 1 N–H and O–H groups in total. The Bertz CT molecular complexity index is 658. The van der Waals surface area contributed by atoms with Crippen LogP contribution in [-0.2, 0) is 11.3 Å². The predicted molar refractivity (Wildman–Crippen MR) is 89.2 cm³/mol. The van der Waals surface area contributed by atoms with E-state index >= 15 is 0 Å². The van der Waals surface area contributed by atoms with E-state index in [0.717, 1.165) is 5.56 Å². The van der Waals surface area contributed by atoms with E-state index in [-0.39, 0.29) is 11.8 Å². The topological polar surface area (TPSA) is 49.4 Å². The fraction of sp³-hybridized carbons (Fsp3) is 0.250. The lowest BCUT2D eigenvalue weighted by Crippen LogP contribution is -2.45. The first kappa shape index (κ1) is 16.5. The van der Waals surface area contributed by atoms with Gasteiger partial charge in [0.05, 0.1) is 10.6 Å². The van der Waals surface area contributed by atoms with Gasteiger partial charge in [-0.25, -0.2) is 0 Å². The molecule has 1 atom stereocenters. The second-order valence-corrected chi connectivity index (χ2v) is 6.19. The number of carbonyl (C=O) groups is 2. The van der Waals surface area contributed by atoms with Gasteiger partial charge in [0.2, 0.25) is 5.91 Å². The monoisotopic (exact) mass is 336 g/mol. The third kappa shape index (κ3) is 4.08. The first-order chi connectivity index (χ1) is 10.5. The molecule has 0 aliphatic rings. The summed E-state index contributed by atoms with van der Waals surface area (Å²) < 4.78 is 0. The van der Waals surface area contributed by atoms with Crippen LogP contribution in [0.15, 0.2) is 41.1 Å². The standard InChI is InChI=1S/C16H17ClN2O2S/c1-11(16(21)19(2)9-12-7-8-22-10-12)18-15(20)13-5-3-4-6-14(13)17/h3-8,10-11H,9H2,1-2H3,(H,18,20). The third-order valence-electron chi connectivity index (χ3n) is 3.21. The van der Waals surface area contributed by atoms with Gasteiger partial charge in [-0.15, -0.1) is 0 Å². The van der Waals surface area contributed by atoms with Gasteiger partial charge in [0.25, 0.3) is 5.91 Å². The minimum atomic E-state index is -0.618. The molecule has 6 heteroatoms. The highest BCUT2D eigenvalue weighted by atomic mass is 35.5. The van der Waals surface area contributed by atoms with Crippen molar-refractivity contribution in [3.05, 3.63) is 57.2 Å². The molecule has 116 valence electrons. The molecular weight excluding hydrogens is 320 g/mol. The average Bonchev–Trinajstić information content (AvgIpc) is 2.99. The van der Waals surface area contributed by atoms with Crippen LogP contribution in [-0.4, -0.2) is 29.8 Å². The van der Waals surface area contributed by atoms with Crippen LogP contribution < -0.4 is 5.32 Å². The number of hydrogen-bond acceptors (Lipinski definition) is 3. The number of hydrogen-bond donors (Lipinski definition) is 1. The number of thiophene rings is 1. The molecule has 4 nitrogen and oxygen atoms in total. The quantitative estimate of drug-likeness (QED) is 0.911. The predicted octanol–water partition coefficient (Wildman–Crippen LogP) is 3.18. The minimum Gasteiger partial charge on any atom is -0.340 e. The summed E-state index contributed by atoms with van der Waals surface area (Å²) in [6.07, 6.45) is 0. The minimum absolute atomic E-state index is 0.147. The number of amides is 2. The van der Waals surface area contributed by atoms with E-state index < -0.39 is 6.04 Å². The molecule has 2 aromatic rings. The molecule has 0 aliphatic heterocycles. The number of halogens is 1. The van der Waals surface area contributed by atoms with Crippen LogP contribution in [0.5, 0.6) is 0 Å². The molecule has 0 bridgehead atoms. The van der Waals surface area contributed by atoms with Crippen molar-refractivity contribution in [2.75, 3.05) is 7.05 Å². The van der Waals surface area contributed by atoms with Crippen molar-refractivity contribution in [2.45, 2.75) is 19.5 Å². The second-order valence-electron chi connectivity index (χ2n) is 5.00. The van der Waals surface area contributed by atoms with Gasteiger partial charge in [-0.2, -0.15) is 11.3 Å². The van der Waals surface area contributed by atoms with Crippen molar-refractivity contribution in [1.29, 1.82) is 0 Å². The lowest BCUT2D eigenvalue weighted by Gasteiger charge is -2.22. The molecule has 2 amide bonds. The zero-order chi connectivity index (χ0) is 16.1. The van der Waals surface area contributed by atoms with Crippen LogP contribution in [0.2, 0.25) is 5.02 Å². The Morgan fingerprint density at radius 1 is 1.32 bits per heavy atom. The Morgan fingerprint density at radius 2 is 2.05 bits per heavy atom. The summed E-state index contributed by atoms with van der Waals surface area (Å²) >= 11 is 7.57. The highest BCUT2D eigenvalue weighted by Crippen LogP contribution is 2.15. The smallest absolute Gasteiger partial charge is 0.253 e. The van der Waals surface area contributed by atoms with E-state index in [1.807, 2.05) is 16.8 Å². The first-order valence-electron chi connectivity index (χ1n) is 6.80. The lowest BCUT2D eigenvalue weighted by atomic mass is 10.2. The van der Waals surface area contributed by atoms with Gasteiger partial charge in [0.15, 0.2) is 0 Å². The van der Waals surface area contributed by atoms with Crippen LogP contribution in [0.1, 0.15) is 22.8 Å². The summed E-state index contributed by atoms with van der Waals surface area (Å²) in [4.78, 5) is 26.1. The van der Waals surface area contributed by atoms with Crippen molar-refractivity contribution in [2.24, 2.45) is 0 Å². The Balaban J connectivity index is 1.96. The van der Waals surface area contributed by atoms with Gasteiger partial charge in [-0.1, -0.05) is 23.7 Å². The lowest BCUT2D eigenvalue weighted by molar-refractivity contribution is -0.132. The molecule has 0 saturated heterocycles. The zero-order valence-corrected chi connectivity index (χ0v) is 13.9. The van der Waals surface area contributed by atoms with Crippen LogP contribution in [0, 0.1) is 0 Å². The molecule has 22 heavy (non-hydrogen) atoms. The SMILES string of the molecule is CC(NC(=O)c1ccccc1Cl)C(=O)N(C)Cc1ccsc1. The van der Waals surface area contributed by atoms with Gasteiger partial charge >= 0.3 is 0 Å². The normalized spacial score (nSPS) is 11.8. The van der Waals surface area contributed by atoms with Crippen molar-refractivity contribution >= 4 is 34.8 Å². The van der Waals surface area contributed by atoms with Crippen molar-refractivity contribution in [1.82, 2.24) is 10.2 Å². The van der Waals surface area contributed by atoms with Crippen molar-refractivity contribution in [3.63, 3.8) is 0 Å². The van der Waals surface area contributed by atoms with E-state index in [9.17, 15) is 9.59 Å². The number of nitrogens with zero attached hydrogens (tertiary/aromatic N) is 1. The molecule has 1 unspecified atom stereocenters. The maximum atomic E-state index is 12.3. The highest BCUT2D eigenvalue weighted by Gasteiger charge is 2.21. The summed E-state index contributed by atoms with van der Waals surface area (Å²) in [5, 5.41) is 7.02. The molecule has 1 heterocycles. The summed E-state index contributed by atoms with van der Waals surface area (Å²) in [7, 11) is 1.72. The molecule has 0 spiro atoms. The van der Waals surface area contributed by atoms with Gasteiger partial charge in [0, 0.05) is 13.6 Å². The Hall–Kier alpha value is -1.85. The number of nitrogens with one attached hydrogen (secondary N) is 1. The molecule has 2 rings (SSSR count). The molecular formula is C16H17ClN2O2S. The summed E-state index contributed by atoms with van der Waals surface area (Å²) in [6, 6.07) is 8.11. The van der Waals surface area contributed by atoms with E-state index in [2.05, 4.69) is 5.32 Å². The largest absolute Gasteiger partial charge is 0.340 e. The van der Waals surface area contributed by atoms with E-state index in [0.29, 0.717) is 17.1 Å². The molecule has 1 aromatic heterocycles. The summed E-state index contributed by atoms with van der Waals surface area (Å²) in [6.45, 7) is 2.19. The first-order valence-corrected chi connectivity index (χ1v) is 8.12. The molecule has 0 aliphatic carbocycles. The van der Waals surface area contributed by atoms with Crippen molar-refractivity contribution < 1.29 is 9.59 Å². The maximum Gasteiger partial charge on any atom is 0.253 e. The van der Waals surface area contributed by atoms with Gasteiger partial charge in [-0.05, 0) is 41.4 Å². The number of likely N-dealkylation sites (N-methyl/N-ethyl adjacent to an activating group) is 1. The molecule has 0 fully saturated rings.